The standard InChI is InChI=1S/C14H22N4/c1-15-14-7-16-13(6-17-14)10-18-8-11-3-2-4-12(5-11)9-18/h6-7,11-12H,2-5,8-10H2,1H3,(H,15,17). The van der Waals surface area contributed by atoms with Gasteiger partial charge in [0.05, 0.1) is 18.1 Å². The largest absolute Gasteiger partial charge is 0.372 e. The first-order valence-corrected chi connectivity index (χ1v) is 7.04. The summed E-state index contributed by atoms with van der Waals surface area (Å²) in [5.41, 5.74) is 1.09. The molecule has 18 heavy (non-hydrogen) atoms. The van der Waals surface area contributed by atoms with E-state index in [0.717, 1.165) is 29.9 Å². The minimum Gasteiger partial charge on any atom is -0.372 e. The van der Waals surface area contributed by atoms with Gasteiger partial charge >= 0.3 is 0 Å². The molecule has 1 aromatic heterocycles. The molecule has 2 fully saturated rings. The summed E-state index contributed by atoms with van der Waals surface area (Å²) in [5.74, 6) is 2.71. The number of hydrogen-bond donors (Lipinski definition) is 1. The molecule has 1 N–H and O–H groups in total. The van der Waals surface area contributed by atoms with Crippen LogP contribution in [-0.4, -0.2) is 35.0 Å². The van der Waals surface area contributed by atoms with Gasteiger partial charge in [-0.1, -0.05) is 6.42 Å². The van der Waals surface area contributed by atoms with Gasteiger partial charge in [-0.3, -0.25) is 9.88 Å². The average Bonchev–Trinajstić information content (AvgIpc) is 2.39. The van der Waals surface area contributed by atoms with Gasteiger partial charge in [-0.25, -0.2) is 4.98 Å². The number of hydrogen-bond acceptors (Lipinski definition) is 4. The zero-order valence-electron chi connectivity index (χ0n) is 11.1. The Morgan fingerprint density at radius 3 is 2.61 bits per heavy atom. The van der Waals surface area contributed by atoms with Gasteiger partial charge in [0.2, 0.25) is 0 Å². The Kier molecular flexibility index (Phi) is 3.46. The summed E-state index contributed by atoms with van der Waals surface area (Å²) in [5, 5.41) is 3.00. The van der Waals surface area contributed by atoms with Crippen molar-refractivity contribution in [2.24, 2.45) is 11.8 Å². The summed E-state index contributed by atoms with van der Waals surface area (Å²) in [6, 6.07) is 0. The highest BCUT2D eigenvalue weighted by Gasteiger charge is 2.30. The summed E-state index contributed by atoms with van der Waals surface area (Å²) in [7, 11) is 1.87. The van der Waals surface area contributed by atoms with Gasteiger partial charge in [0.15, 0.2) is 0 Å². The number of piperidine rings is 1. The van der Waals surface area contributed by atoms with E-state index in [1.807, 2.05) is 19.4 Å². The molecule has 0 spiro atoms. The lowest BCUT2D eigenvalue weighted by Crippen LogP contribution is -2.42. The van der Waals surface area contributed by atoms with Crippen LogP contribution in [0.15, 0.2) is 12.4 Å². The van der Waals surface area contributed by atoms with E-state index in [4.69, 9.17) is 0 Å². The highest BCUT2D eigenvalue weighted by Crippen LogP contribution is 2.34. The number of rotatable bonds is 3. The molecule has 1 aliphatic carbocycles. The summed E-state index contributed by atoms with van der Waals surface area (Å²) < 4.78 is 0. The molecule has 2 aliphatic rings. The molecule has 0 radical (unpaired) electrons. The SMILES string of the molecule is CNc1cnc(CN2CC3CCCC(C3)C2)cn1. The monoisotopic (exact) mass is 246 g/mol. The second kappa shape index (κ2) is 5.22. The van der Waals surface area contributed by atoms with Crippen molar-refractivity contribution in [3.63, 3.8) is 0 Å². The van der Waals surface area contributed by atoms with Crippen molar-refractivity contribution in [1.29, 1.82) is 0 Å². The van der Waals surface area contributed by atoms with E-state index in [2.05, 4.69) is 20.2 Å². The van der Waals surface area contributed by atoms with E-state index in [-0.39, 0.29) is 0 Å². The van der Waals surface area contributed by atoms with Crippen molar-refractivity contribution < 1.29 is 0 Å². The van der Waals surface area contributed by atoms with Crippen LogP contribution in [0.1, 0.15) is 31.4 Å². The Bertz CT molecular complexity index is 377. The van der Waals surface area contributed by atoms with Crippen LogP contribution in [0, 0.1) is 11.8 Å². The van der Waals surface area contributed by atoms with Gasteiger partial charge in [-0.15, -0.1) is 0 Å². The fourth-order valence-corrected chi connectivity index (χ4v) is 3.46. The average molecular weight is 246 g/mol. The van der Waals surface area contributed by atoms with Crippen LogP contribution in [0.4, 0.5) is 5.82 Å². The topological polar surface area (TPSA) is 41.1 Å². The van der Waals surface area contributed by atoms with E-state index < -0.39 is 0 Å². The molecule has 2 atom stereocenters. The van der Waals surface area contributed by atoms with Gasteiger partial charge in [0, 0.05) is 26.7 Å². The highest BCUT2D eigenvalue weighted by atomic mass is 15.1. The molecule has 1 saturated carbocycles. The third-order valence-electron chi connectivity index (χ3n) is 4.27. The predicted octanol–water partition coefficient (Wildman–Crippen LogP) is 2.14. The Morgan fingerprint density at radius 1 is 1.22 bits per heavy atom. The second-order valence-corrected chi connectivity index (χ2v) is 5.74. The van der Waals surface area contributed by atoms with Gasteiger partial charge in [0.25, 0.3) is 0 Å². The number of likely N-dealkylation sites (tertiary alicyclic amines) is 1. The molecule has 1 aromatic rings. The van der Waals surface area contributed by atoms with E-state index in [9.17, 15) is 0 Å². The lowest BCUT2D eigenvalue weighted by atomic mass is 9.78. The highest BCUT2D eigenvalue weighted by molar-refractivity contribution is 5.29. The first-order valence-electron chi connectivity index (χ1n) is 7.04. The molecular weight excluding hydrogens is 224 g/mol. The Hall–Kier alpha value is -1.16. The number of anilines is 1. The van der Waals surface area contributed by atoms with Crippen LogP contribution < -0.4 is 5.32 Å². The third kappa shape index (κ3) is 2.64. The molecule has 2 unspecified atom stereocenters. The summed E-state index contributed by atoms with van der Waals surface area (Å²) >= 11 is 0. The zero-order chi connectivity index (χ0) is 12.4. The van der Waals surface area contributed by atoms with Crippen molar-refractivity contribution in [3.05, 3.63) is 18.1 Å². The van der Waals surface area contributed by atoms with E-state index >= 15 is 0 Å². The third-order valence-corrected chi connectivity index (χ3v) is 4.27. The molecule has 4 heteroatoms. The Labute approximate surface area is 109 Å². The smallest absolute Gasteiger partial charge is 0.144 e. The quantitative estimate of drug-likeness (QED) is 0.887. The first kappa shape index (κ1) is 11.9. The molecule has 4 nitrogen and oxygen atoms in total. The van der Waals surface area contributed by atoms with Gasteiger partial charge in [0.1, 0.15) is 5.82 Å². The van der Waals surface area contributed by atoms with Crippen molar-refractivity contribution in [2.75, 3.05) is 25.5 Å². The van der Waals surface area contributed by atoms with Gasteiger partial charge < -0.3 is 5.32 Å². The number of aromatic nitrogens is 2. The van der Waals surface area contributed by atoms with Crippen molar-refractivity contribution in [2.45, 2.75) is 32.2 Å². The number of nitrogens with zero attached hydrogens (tertiary/aromatic N) is 3. The predicted molar refractivity (Wildman–Crippen MR) is 72.3 cm³/mol. The molecular formula is C14H22N4. The Morgan fingerprint density at radius 2 is 2.00 bits per heavy atom. The van der Waals surface area contributed by atoms with Crippen LogP contribution in [0.2, 0.25) is 0 Å². The van der Waals surface area contributed by atoms with Crippen LogP contribution in [-0.2, 0) is 6.54 Å². The summed E-state index contributed by atoms with van der Waals surface area (Å²) in [6.07, 6.45) is 9.48. The Balaban J connectivity index is 1.61. The fraction of sp³-hybridized carbons (Fsp3) is 0.714. The lowest BCUT2D eigenvalue weighted by molar-refractivity contribution is 0.0798. The van der Waals surface area contributed by atoms with E-state index in [1.54, 1.807) is 0 Å². The summed E-state index contributed by atoms with van der Waals surface area (Å²) in [4.78, 5) is 11.4. The normalized spacial score (nSPS) is 28.1. The van der Waals surface area contributed by atoms with Crippen LogP contribution in [0.25, 0.3) is 0 Å². The van der Waals surface area contributed by atoms with Gasteiger partial charge in [-0.05, 0) is 31.1 Å². The van der Waals surface area contributed by atoms with E-state index in [1.165, 1.54) is 38.8 Å². The molecule has 3 rings (SSSR count). The van der Waals surface area contributed by atoms with Crippen molar-refractivity contribution in [1.82, 2.24) is 14.9 Å². The molecule has 1 saturated heterocycles. The molecule has 2 bridgehead atoms. The molecule has 2 heterocycles. The van der Waals surface area contributed by atoms with Crippen LogP contribution >= 0.6 is 0 Å². The fourth-order valence-electron chi connectivity index (χ4n) is 3.46. The number of nitrogens with one attached hydrogen (secondary N) is 1. The maximum absolute atomic E-state index is 4.47. The second-order valence-electron chi connectivity index (χ2n) is 5.74. The van der Waals surface area contributed by atoms with E-state index in [0.29, 0.717) is 0 Å². The number of fused-ring (bicyclic) bond motifs is 2. The maximum atomic E-state index is 4.47. The molecule has 0 amide bonds. The summed E-state index contributed by atoms with van der Waals surface area (Å²) in [6.45, 7) is 3.47. The van der Waals surface area contributed by atoms with Crippen LogP contribution in [0.3, 0.4) is 0 Å². The zero-order valence-corrected chi connectivity index (χ0v) is 11.1. The first-order chi connectivity index (χ1) is 8.83. The van der Waals surface area contributed by atoms with Gasteiger partial charge in [-0.2, -0.15) is 0 Å². The molecule has 98 valence electrons. The molecule has 1 aliphatic heterocycles. The maximum Gasteiger partial charge on any atom is 0.144 e. The lowest BCUT2D eigenvalue weighted by Gasteiger charge is -2.41. The van der Waals surface area contributed by atoms with Crippen molar-refractivity contribution >= 4 is 5.82 Å². The van der Waals surface area contributed by atoms with Crippen LogP contribution in [0.5, 0.6) is 0 Å². The molecule has 0 aromatic carbocycles. The minimum atomic E-state index is 0.842. The van der Waals surface area contributed by atoms with Crippen molar-refractivity contribution in [3.8, 4) is 0 Å². The minimum absolute atomic E-state index is 0.842.